The van der Waals surface area contributed by atoms with E-state index >= 15 is 0 Å². The van der Waals surface area contributed by atoms with Gasteiger partial charge in [-0.05, 0) is 6.92 Å². The van der Waals surface area contributed by atoms with Crippen LogP contribution in [0.3, 0.4) is 0 Å². The quantitative estimate of drug-likeness (QED) is 0.541. The number of rotatable bonds is 3. The number of carbonyl (C=O) groups excluding carboxylic acids is 1. The molecule has 0 fully saturated rings. The van der Waals surface area contributed by atoms with Crippen molar-refractivity contribution in [1.82, 2.24) is 0 Å². The summed E-state index contributed by atoms with van der Waals surface area (Å²) in [6, 6.07) is 0. The Labute approximate surface area is 53.1 Å². The maximum absolute atomic E-state index is 12.1. The fourth-order valence-corrected chi connectivity index (χ4v) is 0.351. The van der Waals surface area contributed by atoms with Gasteiger partial charge < -0.3 is 4.79 Å². The highest BCUT2D eigenvalue weighted by atomic mass is 19.3. The highest BCUT2D eigenvalue weighted by molar-refractivity contribution is 5.49. The first-order valence-electron chi connectivity index (χ1n) is 2.80. The maximum atomic E-state index is 12.1. The van der Waals surface area contributed by atoms with Crippen molar-refractivity contribution >= 4 is 6.29 Å². The van der Waals surface area contributed by atoms with E-state index in [1.54, 1.807) is 0 Å². The number of aldehydes is 1. The van der Waals surface area contributed by atoms with Crippen molar-refractivity contribution in [3.63, 3.8) is 0 Å². The van der Waals surface area contributed by atoms with Crippen LogP contribution in [-0.4, -0.2) is 12.2 Å². The van der Waals surface area contributed by atoms with Crippen molar-refractivity contribution in [2.75, 3.05) is 0 Å². The number of alkyl halides is 2. The first kappa shape index (κ1) is 8.53. The molecule has 3 heteroatoms. The molecule has 0 amide bonds. The fraction of sp³-hybridized carbons (Fsp3) is 0.833. The van der Waals surface area contributed by atoms with E-state index in [4.69, 9.17) is 0 Å². The standard InChI is InChI=1S/C6H10F2O/c1-5(3-4-9)6(2,7)8/h4-5H,3H2,1-2H3. The zero-order valence-electron chi connectivity index (χ0n) is 5.53. The summed E-state index contributed by atoms with van der Waals surface area (Å²) >= 11 is 0. The van der Waals surface area contributed by atoms with Crippen LogP contribution in [0.25, 0.3) is 0 Å². The minimum atomic E-state index is -2.72. The third-order valence-electron chi connectivity index (χ3n) is 1.32. The second-order valence-electron chi connectivity index (χ2n) is 2.26. The van der Waals surface area contributed by atoms with Gasteiger partial charge in [0.1, 0.15) is 6.29 Å². The SMILES string of the molecule is CC(CC=O)C(C)(F)F. The van der Waals surface area contributed by atoms with Crippen LogP contribution in [0.1, 0.15) is 20.3 Å². The molecule has 54 valence electrons. The molecule has 0 aliphatic carbocycles. The van der Waals surface area contributed by atoms with Gasteiger partial charge in [0.05, 0.1) is 0 Å². The first-order valence-corrected chi connectivity index (χ1v) is 2.80. The molecule has 0 heterocycles. The Kier molecular flexibility index (Phi) is 2.74. The largest absolute Gasteiger partial charge is 0.303 e. The molecule has 0 rings (SSSR count). The van der Waals surface area contributed by atoms with Crippen LogP contribution >= 0.6 is 0 Å². The summed E-state index contributed by atoms with van der Waals surface area (Å²) < 4.78 is 24.3. The summed E-state index contributed by atoms with van der Waals surface area (Å²) in [6.45, 7) is 2.18. The van der Waals surface area contributed by atoms with Crippen LogP contribution in [0.5, 0.6) is 0 Å². The van der Waals surface area contributed by atoms with Gasteiger partial charge in [-0.15, -0.1) is 0 Å². The molecular weight excluding hydrogens is 126 g/mol. The molecule has 1 nitrogen and oxygen atoms in total. The fourth-order valence-electron chi connectivity index (χ4n) is 0.351. The summed E-state index contributed by atoms with van der Waals surface area (Å²) in [4.78, 5) is 9.73. The molecule has 0 radical (unpaired) electrons. The third-order valence-corrected chi connectivity index (χ3v) is 1.32. The molecule has 0 aliphatic rings. The van der Waals surface area contributed by atoms with E-state index in [0.717, 1.165) is 6.92 Å². The van der Waals surface area contributed by atoms with Gasteiger partial charge in [0.25, 0.3) is 0 Å². The summed E-state index contributed by atoms with van der Waals surface area (Å²) in [6.07, 6.45) is 0.450. The topological polar surface area (TPSA) is 17.1 Å². The van der Waals surface area contributed by atoms with Gasteiger partial charge in [0, 0.05) is 12.3 Å². The summed E-state index contributed by atoms with van der Waals surface area (Å²) in [5, 5.41) is 0. The molecule has 0 aromatic carbocycles. The molecule has 0 bridgehead atoms. The lowest BCUT2D eigenvalue weighted by molar-refractivity contribution is -0.112. The molecule has 0 saturated carbocycles. The van der Waals surface area contributed by atoms with Gasteiger partial charge in [-0.25, -0.2) is 8.78 Å². The minimum Gasteiger partial charge on any atom is -0.303 e. The van der Waals surface area contributed by atoms with Crippen LogP contribution in [-0.2, 0) is 4.79 Å². The normalized spacial score (nSPS) is 15.1. The predicted molar refractivity (Wildman–Crippen MR) is 30.5 cm³/mol. The number of hydrogen-bond donors (Lipinski definition) is 0. The molecule has 0 N–H and O–H groups in total. The van der Waals surface area contributed by atoms with E-state index < -0.39 is 11.8 Å². The summed E-state index contributed by atoms with van der Waals surface area (Å²) in [5.41, 5.74) is 0. The van der Waals surface area contributed by atoms with Gasteiger partial charge in [-0.1, -0.05) is 6.92 Å². The lowest BCUT2D eigenvalue weighted by Gasteiger charge is -2.15. The van der Waals surface area contributed by atoms with Crippen molar-refractivity contribution in [2.24, 2.45) is 5.92 Å². The van der Waals surface area contributed by atoms with Crippen molar-refractivity contribution < 1.29 is 13.6 Å². The molecule has 0 aromatic heterocycles. The van der Waals surface area contributed by atoms with Crippen molar-refractivity contribution in [3.8, 4) is 0 Å². The van der Waals surface area contributed by atoms with Gasteiger partial charge in [0.2, 0.25) is 5.92 Å². The average Bonchev–Trinajstić information content (AvgIpc) is 1.64. The Balaban J connectivity index is 3.72. The van der Waals surface area contributed by atoms with Crippen molar-refractivity contribution in [2.45, 2.75) is 26.2 Å². The summed E-state index contributed by atoms with van der Waals surface area (Å²) in [5.74, 6) is -3.56. The highest BCUT2D eigenvalue weighted by Gasteiger charge is 2.29. The monoisotopic (exact) mass is 136 g/mol. The van der Waals surface area contributed by atoms with Gasteiger partial charge >= 0.3 is 0 Å². The average molecular weight is 136 g/mol. The molecule has 0 aromatic rings. The second kappa shape index (κ2) is 2.90. The summed E-state index contributed by atoms with van der Waals surface area (Å²) in [7, 11) is 0. The number of hydrogen-bond acceptors (Lipinski definition) is 1. The zero-order valence-corrected chi connectivity index (χ0v) is 5.53. The molecule has 9 heavy (non-hydrogen) atoms. The minimum absolute atomic E-state index is 0.0660. The third kappa shape index (κ3) is 3.16. The van der Waals surface area contributed by atoms with Gasteiger partial charge in [0.15, 0.2) is 0 Å². The van der Waals surface area contributed by atoms with E-state index in [0.29, 0.717) is 6.29 Å². The van der Waals surface area contributed by atoms with Gasteiger partial charge in [-0.2, -0.15) is 0 Å². The van der Waals surface area contributed by atoms with E-state index in [9.17, 15) is 13.6 Å². The van der Waals surface area contributed by atoms with E-state index in [-0.39, 0.29) is 6.42 Å². The number of carbonyl (C=O) groups is 1. The predicted octanol–water partition coefficient (Wildman–Crippen LogP) is 1.87. The van der Waals surface area contributed by atoms with Crippen molar-refractivity contribution in [1.29, 1.82) is 0 Å². The van der Waals surface area contributed by atoms with Gasteiger partial charge in [-0.3, -0.25) is 0 Å². The van der Waals surface area contributed by atoms with Crippen LogP contribution in [0, 0.1) is 5.92 Å². The Morgan fingerprint density at radius 2 is 2.11 bits per heavy atom. The lowest BCUT2D eigenvalue weighted by Crippen LogP contribution is -2.21. The molecule has 0 saturated heterocycles. The van der Waals surface area contributed by atoms with Crippen LogP contribution in [0.15, 0.2) is 0 Å². The molecular formula is C6H10F2O. The van der Waals surface area contributed by atoms with Crippen LogP contribution in [0.4, 0.5) is 8.78 Å². The zero-order chi connectivity index (χ0) is 7.49. The maximum Gasteiger partial charge on any atom is 0.248 e. The van der Waals surface area contributed by atoms with E-state index in [1.165, 1.54) is 6.92 Å². The van der Waals surface area contributed by atoms with E-state index in [2.05, 4.69) is 0 Å². The first-order chi connectivity index (χ1) is 3.98. The Morgan fingerprint density at radius 1 is 1.67 bits per heavy atom. The smallest absolute Gasteiger partial charge is 0.248 e. The lowest BCUT2D eigenvalue weighted by atomic mass is 10.0. The van der Waals surface area contributed by atoms with E-state index in [1.807, 2.05) is 0 Å². The molecule has 1 atom stereocenters. The Morgan fingerprint density at radius 3 is 2.22 bits per heavy atom. The van der Waals surface area contributed by atoms with Crippen LogP contribution in [0.2, 0.25) is 0 Å². The number of halogens is 2. The molecule has 0 aliphatic heterocycles. The van der Waals surface area contributed by atoms with Crippen LogP contribution < -0.4 is 0 Å². The Hall–Kier alpha value is -0.470. The second-order valence-corrected chi connectivity index (χ2v) is 2.26. The molecule has 0 spiro atoms. The Bertz CT molecular complexity index is 95.7. The highest BCUT2D eigenvalue weighted by Crippen LogP contribution is 2.24. The molecule has 1 unspecified atom stereocenters. The van der Waals surface area contributed by atoms with Crippen molar-refractivity contribution in [3.05, 3.63) is 0 Å².